The van der Waals surface area contributed by atoms with Gasteiger partial charge in [-0.15, -0.1) is 0 Å². The number of nitro groups is 1. The number of ether oxygens (including phenoxy) is 1. The number of hydrogen-bond acceptors (Lipinski definition) is 5. The van der Waals surface area contributed by atoms with Crippen molar-refractivity contribution in [2.24, 2.45) is 0 Å². The van der Waals surface area contributed by atoms with Crippen molar-refractivity contribution in [3.05, 3.63) is 27.9 Å². The minimum Gasteiger partial charge on any atom is -0.467 e. The number of aromatic nitrogens is 1. The number of H-pyrrole nitrogens is 1. The second kappa shape index (κ2) is 5.10. The van der Waals surface area contributed by atoms with Crippen LogP contribution in [0.3, 0.4) is 0 Å². The van der Waals surface area contributed by atoms with Crippen LogP contribution in [-0.2, 0) is 9.53 Å². The molecule has 1 atom stereocenters. The number of esters is 1. The second-order valence-corrected chi connectivity index (χ2v) is 3.23. The fourth-order valence-corrected chi connectivity index (χ4v) is 1.13. The zero-order valence-corrected chi connectivity index (χ0v) is 9.22. The molecule has 0 spiro atoms. The third-order valence-corrected chi connectivity index (χ3v) is 2.01. The van der Waals surface area contributed by atoms with E-state index in [0.29, 0.717) is 0 Å². The lowest BCUT2D eigenvalue weighted by Crippen LogP contribution is -2.39. The van der Waals surface area contributed by atoms with Crippen LogP contribution in [0, 0.1) is 10.1 Å². The van der Waals surface area contributed by atoms with Crippen LogP contribution in [0.2, 0.25) is 0 Å². The minimum atomic E-state index is -0.824. The van der Waals surface area contributed by atoms with Gasteiger partial charge in [-0.05, 0) is 17.9 Å². The summed E-state index contributed by atoms with van der Waals surface area (Å²) in [5.41, 5.74) is 0.00690. The molecule has 0 bridgehead atoms. The lowest BCUT2D eigenvalue weighted by Gasteiger charge is -2.09. The molecular weight excluding hydrogens is 230 g/mol. The molecule has 17 heavy (non-hydrogen) atoms. The first-order chi connectivity index (χ1) is 7.95. The highest BCUT2D eigenvalue weighted by atomic mass is 16.6. The molecular formula is C9H11N3O5. The van der Waals surface area contributed by atoms with Gasteiger partial charge in [0, 0.05) is 6.07 Å². The minimum absolute atomic E-state index is 0.00690. The Labute approximate surface area is 96.1 Å². The Hall–Kier alpha value is -2.38. The average Bonchev–Trinajstić information content (AvgIpc) is 2.77. The molecule has 0 fully saturated rings. The monoisotopic (exact) mass is 241 g/mol. The van der Waals surface area contributed by atoms with Crippen molar-refractivity contribution in [1.29, 1.82) is 0 Å². The maximum Gasteiger partial charge on any atom is 0.328 e. The van der Waals surface area contributed by atoms with Gasteiger partial charge in [0.2, 0.25) is 0 Å². The van der Waals surface area contributed by atoms with Crippen LogP contribution in [0.4, 0.5) is 5.82 Å². The summed E-state index contributed by atoms with van der Waals surface area (Å²) in [4.78, 5) is 34.6. The molecule has 0 radical (unpaired) electrons. The number of nitrogens with one attached hydrogen (secondary N) is 2. The van der Waals surface area contributed by atoms with Gasteiger partial charge in [-0.3, -0.25) is 4.79 Å². The Balaban J connectivity index is 2.70. The van der Waals surface area contributed by atoms with Gasteiger partial charge >= 0.3 is 11.8 Å². The number of amides is 1. The van der Waals surface area contributed by atoms with Gasteiger partial charge in [-0.25, -0.2) is 9.78 Å². The number of aromatic amines is 1. The SMILES string of the molecule is COC(=O)C(C)NC(=O)c1ccc([N+](=O)[O-])[nH]1. The van der Waals surface area contributed by atoms with E-state index < -0.39 is 22.8 Å². The number of hydrogen-bond donors (Lipinski definition) is 2. The topological polar surface area (TPSA) is 114 Å². The van der Waals surface area contributed by atoms with E-state index >= 15 is 0 Å². The summed E-state index contributed by atoms with van der Waals surface area (Å²) in [6, 6.07) is 1.60. The molecule has 0 aliphatic rings. The Bertz CT molecular complexity index is 453. The summed E-state index contributed by atoms with van der Waals surface area (Å²) >= 11 is 0. The zero-order valence-electron chi connectivity index (χ0n) is 9.22. The van der Waals surface area contributed by atoms with Crippen molar-refractivity contribution in [2.75, 3.05) is 7.11 Å². The molecule has 1 heterocycles. The van der Waals surface area contributed by atoms with E-state index in [9.17, 15) is 19.7 Å². The van der Waals surface area contributed by atoms with E-state index in [2.05, 4.69) is 15.0 Å². The predicted octanol–water partition coefficient (Wildman–Crippen LogP) is 0.214. The third-order valence-electron chi connectivity index (χ3n) is 2.01. The molecule has 0 aliphatic heterocycles. The highest BCUT2D eigenvalue weighted by molar-refractivity contribution is 5.95. The van der Waals surface area contributed by atoms with Crippen molar-refractivity contribution < 1.29 is 19.2 Å². The average molecular weight is 241 g/mol. The molecule has 92 valence electrons. The fraction of sp³-hybridized carbons (Fsp3) is 0.333. The zero-order chi connectivity index (χ0) is 13.0. The van der Waals surface area contributed by atoms with E-state index in [1.54, 1.807) is 0 Å². The number of methoxy groups -OCH3 is 1. The summed E-state index contributed by atoms with van der Waals surface area (Å²) in [5, 5.41) is 12.7. The highest BCUT2D eigenvalue weighted by Gasteiger charge is 2.20. The van der Waals surface area contributed by atoms with E-state index in [4.69, 9.17) is 0 Å². The molecule has 1 amide bonds. The Kier molecular flexibility index (Phi) is 3.81. The smallest absolute Gasteiger partial charge is 0.328 e. The normalized spacial score (nSPS) is 11.6. The molecule has 1 aromatic heterocycles. The van der Waals surface area contributed by atoms with E-state index in [0.717, 1.165) is 6.07 Å². The second-order valence-electron chi connectivity index (χ2n) is 3.23. The van der Waals surface area contributed by atoms with Crippen molar-refractivity contribution >= 4 is 17.7 Å². The summed E-state index contributed by atoms with van der Waals surface area (Å²) in [6.45, 7) is 1.45. The molecule has 0 aliphatic carbocycles. The van der Waals surface area contributed by atoms with E-state index in [1.807, 2.05) is 0 Å². The Morgan fingerprint density at radius 1 is 1.53 bits per heavy atom. The van der Waals surface area contributed by atoms with Gasteiger partial charge < -0.3 is 20.2 Å². The summed E-state index contributed by atoms with van der Waals surface area (Å²) in [5.74, 6) is -1.50. The maximum atomic E-state index is 11.5. The van der Waals surface area contributed by atoms with Crippen molar-refractivity contribution in [3.8, 4) is 0 Å². The fourth-order valence-electron chi connectivity index (χ4n) is 1.13. The van der Waals surface area contributed by atoms with Crippen LogP contribution in [0.15, 0.2) is 12.1 Å². The summed E-state index contributed by atoms with van der Waals surface area (Å²) in [6.07, 6.45) is 0. The van der Waals surface area contributed by atoms with Crippen LogP contribution in [0.25, 0.3) is 0 Å². The van der Waals surface area contributed by atoms with Crippen LogP contribution in [0.1, 0.15) is 17.4 Å². The Morgan fingerprint density at radius 3 is 2.65 bits per heavy atom. The third kappa shape index (κ3) is 3.03. The quantitative estimate of drug-likeness (QED) is 0.444. The number of carbonyl (C=O) groups is 2. The predicted molar refractivity (Wildman–Crippen MR) is 56.4 cm³/mol. The molecule has 0 saturated heterocycles. The van der Waals surface area contributed by atoms with Crippen LogP contribution >= 0.6 is 0 Å². The van der Waals surface area contributed by atoms with Crippen LogP contribution < -0.4 is 5.32 Å². The lowest BCUT2D eigenvalue weighted by molar-refractivity contribution is -0.389. The van der Waals surface area contributed by atoms with Gasteiger partial charge in [0.15, 0.2) is 5.69 Å². The van der Waals surface area contributed by atoms with Crippen molar-refractivity contribution in [3.63, 3.8) is 0 Å². The first-order valence-corrected chi connectivity index (χ1v) is 4.67. The number of carbonyl (C=O) groups excluding carboxylic acids is 2. The van der Waals surface area contributed by atoms with E-state index in [-0.39, 0.29) is 11.5 Å². The Morgan fingerprint density at radius 2 is 2.18 bits per heavy atom. The number of nitrogens with zero attached hydrogens (tertiary/aromatic N) is 1. The lowest BCUT2D eigenvalue weighted by atomic mass is 10.3. The van der Waals surface area contributed by atoms with Gasteiger partial charge in [-0.2, -0.15) is 0 Å². The van der Waals surface area contributed by atoms with Gasteiger partial charge in [-0.1, -0.05) is 0 Å². The molecule has 0 saturated carbocycles. The standard InChI is InChI=1S/C9H11N3O5/c1-5(9(14)17-2)10-8(13)6-3-4-7(11-6)12(15)16/h3-5,11H,1-2H3,(H,10,13). The molecule has 8 heteroatoms. The van der Waals surface area contributed by atoms with Crippen molar-refractivity contribution in [2.45, 2.75) is 13.0 Å². The number of rotatable bonds is 4. The highest BCUT2D eigenvalue weighted by Crippen LogP contribution is 2.09. The van der Waals surface area contributed by atoms with Crippen molar-refractivity contribution in [1.82, 2.24) is 10.3 Å². The first kappa shape index (κ1) is 12.7. The van der Waals surface area contributed by atoms with Crippen LogP contribution in [0.5, 0.6) is 0 Å². The van der Waals surface area contributed by atoms with Gasteiger partial charge in [0.05, 0.1) is 7.11 Å². The largest absolute Gasteiger partial charge is 0.467 e. The molecule has 1 aromatic rings. The van der Waals surface area contributed by atoms with Gasteiger partial charge in [0.25, 0.3) is 5.91 Å². The van der Waals surface area contributed by atoms with Gasteiger partial charge in [0.1, 0.15) is 6.04 Å². The maximum absolute atomic E-state index is 11.5. The molecule has 1 rings (SSSR count). The first-order valence-electron chi connectivity index (χ1n) is 4.67. The molecule has 1 unspecified atom stereocenters. The summed E-state index contributed by atoms with van der Waals surface area (Å²) in [7, 11) is 1.20. The van der Waals surface area contributed by atoms with Crippen LogP contribution in [-0.4, -0.2) is 34.9 Å². The van der Waals surface area contributed by atoms with E-state index in [1.165, 1.54) is 20.1 Å². The molecule has 2 N–H and O–H groups in total. The molecule has 8 nitrogen and oxygen atoms in total. The molecule has 0 aromatic carbocycles. The summed E-state index contributed by atoms with van der Waals surface area (Å²) < 4.78 is 4.42.